The Kier molecular flexibility index (Phi) is 2.95. The van der Waals surface area contributed by atoms with Gasteiger partial charge in [-0.1, -0.05) is 13.8 Å². The smallest absolute Gasteiger partial charge is 0.147 e. The zero-order valence-corrected chi connectivity index (χ0v) is 9.53. The molecule has 2 aromatic rings. The second-order valence-electron chi connectivity index (χ2n) is 4.13. The normalized spacial score (nSPS) is 14.6. The Morgan fingerprint density at radius 2 is 1.44 bits per heavy atom. The number of H-pyrrole nitrogens is 2. The predicted molar refractivity (Wildman–Crippen MR) is 63.4 cm³/mol. The first-order valence-corrected chi connectivity index (χ1v) is 5.49. The van der Waals surface area contributed by atoms with Crippen molar-refractivity contribution in [2.24, 2.45) is 0 Å². The molecule has 2 rings (SSSR count). The summed E-state index contributed by atoms with van der Waals surface area (Å²) in [4.78, 5) is 18.2. The molecule has 0 aromatic carbocycles. The zero-order valence-electron chi connectivity index (χ0n) is 9.53. The fourth-order valence-electron chi connectivity index (χ4n) is 1.92. The van der Waals surface area contributed by atoms with Crippen molar-refractivity contribution in [3.8, 4) is 0 Å². The quantitative estimate of drug-likeness (QED) is 0.811. The van der Waals surface area contributed by atoms with Gasteiger partial charge in [0.05, 0.1) is 0 Å². The molecule has 0 fully saturated rings. The van der Waals surface area contributed by atoms with Crippen molar-refractivity contribution in [1.29, 1.82) is 0 Å². The van der Waals surface area contributed by atoms with Crippen molar-refractivity contribution < 1.29 is 4.79 Å². The van der Waals surface area contributed by atoms with Crippen LogP contribution in [0.1, 0.15) is 36.8 Å². The maximum absolute atomic E-state index is 12.2. The number of Topliss-reactive ketones (excluding diaryl/α,β-unsaturated/α-hetero) is 1. The molecule has 0 aliphatic rings. The molecule has 3 nitrogen and oxygen atoms in total. The Hall–Kier alpha value is -1.77. The van der Waals surface area contributed by atoms with Crippen LogP contribution in [0.2, 0.25) is 0 Å². The van der Waals surface area contributed by atoms with Gasteiger partial charge in [-0.05, 0) is 23.3 Å². The molecule has 0 bridgehead atoms. The summed E-state index contributed by atoms with van der Waals surface area (Å²) in [5.74, 6) is 0.131. The molecule has 0 radical (unpaired) electrons. The van der Waals surface area contributed by atoms with Gasteiger partial charge in [-0.15, -0.1) is 0 Å². The summed E-state index contributed by atoms with van der Waals surface area (Å²) in [6.07, 6.45) is 7.46. The summed E-state index contributed by atoms with van der Waals surface area (Å²) in [5.41, 5.74) is 2.10. The lowest BCUT2D eigenvalue weighted by molar-refractivity contribution is -0.121. The number of aromatic amines is 2. The maximum Gasteiger partial charge on any atom is 0.147 e. The highest BCUT2D eigenvalue weighted by Gasteiger charge is 2.23. The number of nitrogens with one attached hydrogen (secondary N) is 2. The highest BCUT2D eigenvalue weighted by atomic mass is 16.1. The molecule has 0 amide bonds. The van der Waals surface area contributed by atoms with Crippen LogP contribution in [0.3, 0.4) is 0 Å². The van der Waals surface area contributed by atoms with Crippen molar-refractivity contribution in [2.75, 3.05) is 0 Å². The van der Waals surface area contributed by atoms with Crippen molar-refractivity contribution in [3.63, 3.8) is 0 Å². The molecule has 0 spiro atoms. The molecule has 2 aromatic heterocycles. The van der Waals surface area contributed by atoms with E-state index in [1.165, 1.54) is 0 Å². The first kappa shape index (κ1) is 10.7. The minimum atomic E-state index is -0.0591. The fraction of sp³-hybridized carbons (Fsp3) is 0.308. The summed E-state index contributed by atoms with van der Waals surface area (Å²) < 4.78 is 0. The number of hydrogen-bond donors (Lipinski definition) is 2. The monoisotopic (exact) mass is 216 g/mol. The third kappa shape index (κ3) is 1.94. The number of rotatable bonds is 4. The second kappa shape index (κ2) is 4.39. The number of carbonyl (C=O) groups is 1. The average molecular weight is 216 g/mol. The molecule has 2 N–H and O–H groups in total. The molecule has 16 heavy (non-hydrogen) atoms. The van der Waals surface area contributed by atoms with Gasteiger partial charge >= 0.3 is 0 Å². The van der Waals surface area contributed by atoms with E-state index >= 15 is 0 Å². The van der Waals surface area contributed by atoms with Gasteiger partial charge in [0.2, 0.25) is 0 Å². The van der Waals surface area contributed by atoms with Crippen LogP contribution in [0.5, 0.6) is 0 Å². The number of ketones is 1. The van der Waals surface area contributed by atoms with E-state index in [1.807, 2.05) is 50.8 Å². The molecule has 3 heteroatoms. The average Bonchev–Trinajstić information content (AvgIpc) is 2.97. The number of carbonyl (C=O) groups excluding carboxylic acids is 1. The fourth-order valence-corrected chi connectivity index (χ4v) is 1.92. The van der Waals surface area contributed by atoms with Gasteiger partial charge in [0.15, 0.2) is 0 Å². The van der Waals surface area contributed by atoms with E-state index in [2.05, 4.69) is 9.97 Å². The summed E-state index contributed by atoms with van der Waals surface area (Å²) in [6.45, 7) is 3.91. The molecule has 0 aliphatic heterocycles. The molecule has 84 valence electrons. The van der Waals surface area contributed by atoms with Crippen molar-refractivity contribution >= 4 is 5.78 Å². The zero-order chi connectivity index (χ0) is 11.5. The van der Waals surface area contributed by atoms with E-state index in [0.717, 1.165) is 11.1 Å². The predicted octanol–water partition coefficient (Wildman–Crippen LogP) is 2.82. The van der Waals surface area contributed by atoms with Crippen molar-refractivity contribution in [2.45, 2.75) is 25.7 Å². The Balaban J connectivity index is 2.14. The Labute approximate surface area is 94.9 Å². The van der Waals surface area contributed by atoms with Crippen molar-refractivity contribution in [3.05, 3.63) is 48.0 Å². The van der Waals surface area contributed by atoms with Gasteiger partial charge in [0.1, 0.15) is 5.78 Å². The van der Waals surface area contributed by atoms with E-state index in [9.17, 15) is 4.79 Å². The Bertz CT molecular complexity index is 400. The number of hydrogen-bond acceptors (Lipinski definition) is 1. The largest absolute Gasteiger partial charge is 0.367 e. The maximum atomic E-state index is 12.2. The van der Waals surface area contributed by atoms with E-state index in [4.69, 9.17) is 0 Å². The lowest BCUT2D eigenvalue weighted by Crippen LogP contribution is -2.15. The lowest BCUT2D eigenvalue weighted by atomic mass is 9.88. The van der Waals surface area contributed by atoms with Gasteiger partial charge in [0, 0.05) is 36.6 Å². The van der Waals surface area contributed by atoms with E-state index < -0.39 is 0 Å². The Morgan fingerprint density at radius 1 is 1.00 bits per heavy atom. The summed E-state index contributed by atoms with van der Waals surface area (Å²) in [5, 5.41) is 0. The summed E-state index contributed by atoms with van der Waals surface area (Å²) >= 11 is 0. The Morgan fingerprint density at radius 3 is 1.75 bits per heavy atom. The van der Waals surface area contributed by atoms with Gasteiger partial charge in [-0.3, -0.25) is 4.79 Å². The van der Waals surface area contributed by atoms with Gasteiger partial charge in [-0.25, -0.2) is 0 Å². The number of aromatic nitrogens is 2. The van der Waals surface area contributed by atoms with Gasteiger partial charge < -0.3 is 9.97 Å². The molecular weight excluding hydrogens is 200 g/mol. The first-order chi connectivity index (χ1) is 7.70. The van der Waals surface area contributed by atoms with Crippen LogP contribution in [-0.4, -0.2) is 15.8 Å². The van der Waals surface area contributed by atoms with Crippen LogP contribution >= 0.6 is 0 Å². The minimum absolute atomic E-state index is 0.0591. The summed E-state index contributed by atoms with van der Waals surface area (Å²) in [6, 6.07) is 3.90. The highest BCUT2D eigenvalue weighted by Crippen LogP contribution is 2.25. The van der Waals surface area contributed by atoms with Crippen LogP contribution in [-0.2, 0) is 4.79 Å². The molecular formula is C13H16N2O. The molecule has 0 saturated carbocycles. The third-order valence-corrected chi connectivity index (χ3v) is 3.10. The van der Waals surface area contributed by atoms with Crippen molar-refractivity contribution in [1.82, 2.24) is 9.97 Å². The van der Waals surface area contributed by atoms with Crippen LogP contribution in [0.25, 0.3) is 0 Å². The van der Waals surface area contributed by atoms with Crippen LogP contribution in [0, 0.1) is 0 Å². The second-order valence-corrected chi connectivity index (χ2v) is 4.13. The SMILES string of the molecule is CC(C(=O)C(C)c1cc[nH]c1)c1cc[nH]c1. The standard InChI is InChI=1S/C13H16N2O/c1-9(11-3-5-14-7-11)13(16)10(2)12-4-6-15-8-12/h3-10,14-15H,1-2H3. The molecule has 2 unspecified atom stereocenters. The van der Waals surface area contributed by atoms with Crippen LogP contribution in [0.15, 0.2) is 36.9 Å². The van der Waals surface area contributed by atoms with Gasteiger partial charge in [0.25, 0.3) is 0 Å². The summed E-state index contributed by atoms with van der Waals surface area (Å²) in [7, 11) is 0. The molecule has 0 saturated heterocycles. The first-order valence-electron chi connectivity index (χ1n) is 5.49. The topological polar surface area (TPSA) is 48.6 Å². The third-order valence-electron chi connectivity index (χ3n) is 3.10. The van der Waals surface area contributed by atoms with E-state index in [0.29, 0.717) is 0 Å². The lowest BCUT2D eigenvalue weighted by Gasteiger charge is -2.14. The van der Waals surface area contributed by atoms with Gasteiger partial charge in [-0.2, -0.15) is 0 Å². The van der Waals surface area contributed by atoms with Crippen LogP contribution in [0.4, 0.5) is 0 Å². The molecule has 2 heterocycles. The highest BCUT2D eigenvalue weighted by molar-refractivity contribution is 5.91. The van der Waals surface area contributed by atoms with E-state index in [1.54, 1.807) is 0 Å². The molecule has 0 aliphatic carbocycles. The minimum Gasteiger partial charge on any atom is -0.367 e. The molecule has 2 atom stereocenters. The van der Waals surface area contributed by atoms with E-state index in [-0.39, 0.29) is 17.6 Å². The van der Waals surface area contributed by atoms with Crippen LogP contribution < -0.4 is 0 Å².